The Hall–Kier alpha value is -3.08. The number of carbonyl (C=O) groups is 2. The molecule has 0 saturated heterocycles. The average Bonchev–Trinajstić information content (AvgIpc) is 2.72. The number of rotatable bonds is 2. The Bertz CT molecular complexity index is 900. The van der Waals surface area contributed by atoms with Gasteiger partial charge < -0.3 is 9.64 Å². The fraction of sp³-hybridized carbons (Fsp3) is 0.333. The van der Waals surface area contributed by atoms with E-state index in [2.05, 4.69) is 6.58 Å². The van der Waals surface area contributed by atoms with Crippen LogP contribution in [-0.2, 0) is 16.1 Å². The second-order valence-corrected chi connectivity index (χ2v) is 8.24. The van der Waals surface area contributed by atoms with Crippen molar-refractivity contribution in [3.8, 4) is 0 Å². The number of ether oxygens (including phenoxy) is 1. The van der Waals surface area contributed by atoms with Crippen molar-refractivity contribution < 1.29 is 14.3 Å². The van der Waals surface area contributed by atoms with Crippen LogP contribution in [0.15, 0.2) is 61.2 Å². The maximum atomic E-state index is 13.3. The zero-order valence-corrected chi connectivity index (χ0v) is 17.4. The van der Waals surface area contributed by atoms with Gasteiger partial charge in [0.05, 0.1) is 12.2 Å². The van der Waals surface area contributed by atoms with Gasteiger partial charge in [-0.25, -0.2) is 4.79 Å². The van der Waals surface area contributed by atoms with Crippen molar-refractivity contribution in [3.63, 3.8) is 0 Å². The van der Waals surface area contributed by atoms with E-state index >= 15 is 0 Å². The van der Waals surface area contributed by atoms with Crippen molar-refractivity contribution in [2.45, 2.75) is 39.3 Å². The number of benzene rings is 2. The largest absolute Gasteiger partial charge is 0.444 e. The third-order valence-corrected chi connectivity index (χ3v) is 4.72. The van der Waals surface area contributed by atoms with Crippen LogP contribution in [0.5, 0.6) is 0 Å². The minimum absolute atomic E-state index is 0.0383. The van der Waals surface area contributed by atoms with E-state index < -0.39 is 11.7 Å². The highest BCUT2D eigenvalue weighted by Gasteiger charge is 2.29. The molecule has 2 amide bonds. The predicted octanol–water partition coefficient (Wildman–Crippen LogP) is 4.87. The lowest BCUT2D eigenvalue weighted by atomic mass is 10.0. The molecular weight excluding hydrogens is 364 g/mol. The highest BCUT2D eigenvalue weighted by Crippen LogP contribution is 2.31. The quantitative estimate of drug-likeness (QED) is 0.732. The number of hydrogen-bond donors (Lipinski definition) is 0. The van der Waals surface area contributed by atoms with E-state index in [9.17, 15) is 9.59 Å². The number of anilines is 1. The molecule has 2 aromatic carbocycles. The molecule has 0 unspecified atom stereocenters. The molecule has 0 N–H and O–H groups in total. The van der Waals surface area contributed by atoms with Gasteiger partial charge in [0.25, 0.3) is 0 Å². The molecule has 1 aliphatic heterocycles. The van der Waals surface area contributed by atoms with Crippen molar-refractivity contribution >= 4 is 23.3 Å². The number of fused-ring (bicyclic) bond motifs is 1. The summed E-state index contributed by atoms with van der Waals surface area (Å²) in [7, 11) is 0. The summed E-state index contributed by atoms with van der Waals surface area (Å²) < 4.78 is 5.52. The second kappa shape index (κ2) is 8.52. The van der Waals surface area contributed by atoms with E-state index in [1.807, 2.05) is 75.4 Å². The number of amides is 2. The standard InChI is InChI=1S/C24H28N2O3/c1-18-14-15-25(23(28)29-24(2,3)4)17-22(27)26(16-19-10-6-5-7-11-19)21-13-9-8-12-20(18)21/h5-13H,1,14-17H2,2-4H3. The summed E-state index contributed by atoms with van der Waals surface area (Å²) in [5, 5.41) is 0. The van der Waals surface area contributed by atoms with E-state index in [4.69, 9.17) is 4.74 Å². The minimum Gasteiger partial charge on any atom is -0.444 e. The van der Waals surface area contributed by atoms with Gasteiger partial charge in [-0.05, 0) is 44.4 Å². The summed E-state index contributed by atoms with van der Waals surface area (Å²) in [6.45, 7) is 10.4. The van der Waals surface area contributed by atoms with Gasteiger partial charge in [-0.15, -0.1) is 0 Å². The van der Waals surface area contributed by atoms with E-state index in [0.29, 0.717) is 19.5 Å². The summed E-state index contributed by atoms with van der Waals surface area (Å²) >= 11 is 0. The smallest absolute Gasteiger partial charge is 0.410 e. The van der Waals surface area contributed by atoms with Crippen LogP contribution < -0.4 is 4.90 Å². The van der Waals surface area contributed by atoms with Gasteiger partial charge in [-0.2, -0.15) is 0 Å². The SMILES string of the molecule is C=C1CCN(C(=O)OC(C)(C)C)CC(=O)N(Cc2ccccc2)c2ccccc21. The molecule has 29 heavy (non-hydrogen) atoms. The van der Waals surface area contributed by atoms with Gasteiger partial charge in [-0.3, -0.25) is 9.69 Å². The molecule has 0 bridgehead atoms. The lowest BCUT2D eigenvalue weighted by molar-refractivity contribution is -0.119. The lowest BCUT2D eigenvalue weighted by Crippen LogP contribution is -2.44. The van der Waals surface area contributed by atoms with Gasteiger partial charge >= 0.3 is 6.09 Å². The number of hydrogen-bond acceptors (Lipinski definition) is 3. The Balaban J connectivity index is 1.96. The van der Waals surface area contributed by atoms with E-state index in [0.717, 1.165) is 22.4 Å². The normalized spacial score (nSPS) is 15.3. The fourth-order valence-electron chi connectivity index (χ4n) is 3.30. The number of nitrogens with zero attached hydrogens (tertiary/aromatic N) is 2. The Labute approximate surface area is 172 Å². The molecule has 0 aliphatic carbocycles. The molecule has 5 heteroatoms. The zero-order valence-electron chi connectivity index (χ0n) is 17.4. The monoisotopic (exact) mass is 392 g/mol. The molecule has 5 nitrogen and oxygen atoms in total. The van der Waals surface area contributed by atoms with Crippen molar-refractivity contribution in [2.24, 2.45) is 0 Å². The molecule has 2 aromatic rings. The van der Waals surface area contributed by atoms with Crippen LogP contribution >= 0.6 is 0 Å². The Morgan fingerprint density at radius 3 is 2.41 bits per heavy atom. The van der Waals surface area contributed by atoms with Gasteiger partial charge in [0.2, 0.25) is 5.91 Å². The first kappa shape index (κ1) is 20.6. The second-order valence-electron chi connectivity index (χ2n) is 8.24. The van der Waals surface area contributed by atoms with Crippen LogP contribution in [0.1, 0.15) is 38.3 Å². The van der Waals surface area contributed by atoms with E-state index in [1.54, 1.807) is 4.90 Å². The zero-order chi connectivity index (χ0) is 21.0. The molecular formula is C24H28N2O3. The third kappa shape index (κ3) is 5.25. The van der Waals surface area contributed by atoms with Crippen molar-refractivity contribution in [2.75, 3.05) is 18.0 Å². The first-order chi connectivity index (χ1) is 13.7. The van der Waals surface area contributed by atoms with Crippen LogP contribution in [-0.4, -0.2) is 35.6 Å². The van der Waals surface area contributed by atoms with Crippen LogP contribution in [0.3, 0.4) is 0 Å². The maximum absolute atomic E-state index is 13.3. The molecule has 0 saturated carbocycles. The molecule has 0 fully saturated rings. The summed E-state index contributed by atoms with van der Waals surface area (Å²) in [6.07, 6.45) is 0.0900. The highest BCUT2D eigenvalue weighted by atomic mass is 16.6. The fourth-order valence-corrected chi connectivity index (χ4v) is 3.30. The molecule has 0 spiro atoms. The average molecular weight is 392 g/mol. The molecule has 0 aromatic heterocycles. The van der Waals surface area contributed by atoms with Crippen LogP contribution in [0.2, 0.25) is 0 Å². The molecule has 0 atom stereocenters. The summed E-state index contributed by atoms with van der Waals surface area (Å²) in [4.78, 5) is 29.2. The Morgan fingerprint density at radius 2 is 1.72 bits per heavy atom. The van der Waals surface area contributed by atoms with Crippen molar-refractivity contribution in [1.29, 1.82) is 0 Å². The number of carbonyl (C=O) groups excluding carboxylic acids is 2. The van der Waals surface area contributed by atoms with Crippen LogP contribution in [0.25, 0.3) is 5.57 Å². The first-order valence-electron chi connectivity index (χ1n) is 9.84. The van der Waals surface area contributed by atoms with E-state index in [-0.39, 0.29) is 12.5 Å². The first-order valence-corrected chi connectivity index (χ1v) is 9.84. The summed E-state index contributed by atoms with van der Waals surface area (Å²) in [6, 6.07) is 17.6. The van der Waals surface area contributed by atoms with Gasteiger partial charge in [0, 0.05) is 12.1 Å². The summed E-state index contributed by atoms with van der Waals surface area (Å²) in [5.74, 6) is -0.151. The topological polar surface area (TPSA) is 49.9 Å². The van der Waals surface area contributed by atoms with Crippen molar-refractivity contribution in [3.05, 3.63) is 72.3 Å². The highest BCUT2D eigenvalue weighted by molar-refractivity contribution is 5.99. The lowest BCUT2D eigenvalue weighted by Gasteiger charge is -2.29. The van der Waals surface area contributed by atoms with Crippen LogP contribution in [0.4, 0.5) is 10.5 Å². The minimum atomic E-state index is -0.623. The van der Waals surface area contributed by atoms with Crippen LogP contribution in [0, 0.1) is 0 Å². The third-order valence-electron chi connectivity index (χ3n) is 4.72. The summed E-state index contributed by atoms with van der Waals surface area (Å²) in [5.41, 5.74) is 3.04. The molecule has 0 radical (unpaired) electrons. The molecule has 3 rings (SSSR count). The Morgan fingerprint density at radius 1 is 1.07 bits per heavy atom. The number of para-hydroxylation sites is 1. The van der Waals surface area contributed by atoms with Gasteiger partial charge in [0.1, 0.15) is 12.1 Å². The maximum Gasteiger partial charge on any atom is 0.410 e. The van der Waals surface area contributed by atoms with Gasteiger partial charge in [-0.1, -0.05) is 55.1 Å². The van der Waals surface area contributed by atoms with E-state index in [1.165, 1.54) is 4.90 Å². The van der Waals surface area contributed by atoms with Crippen molar-refractivity contribution in [1.82, 2.24) is 4.90 Å². The Kier molecular flexibility index (Phi) is 6.06. The molecule has 152 valence electrons. The molecule has 1 aliphatic rings. The molecule has 1 heterocycles. The van der Waals surface area contributed by atoms with Gasteiger partial charge in [0.15, 0.2) is 0 Å². The predicted molar refractivity (Wildman–Crippen MR) is 116 cm³/mol.